The molecule has 0 radical (unpaired) electrons. The fourth-order valence-corrected chi connectivity index (χ4v) is 1.27. The molecular formula is C13H20O. The minimum absolute atomic E-state index is 0.813. The molecule has 1 rings (SSSR count). The van der Waals surface area contributed by atoms with Gasteiger partial charge < -0.3 is 4.79 Å². The lowest BCUT2D eigenvalue weighted by atomic mass is 9.98. The Kier molecular flexibility index (Phi) is 6.73. The Bertz CT molecular complexity index is 238. The van der Waals surface area contributed by atoms with Crippen LogP contribution in [0, 0.1) is 12.8 Å². The highest BCUT2D eigenvalue weighted by molar-refractivity contribution is 5.21. The topological polar surface area (TPSA) is 17.1 Å². The minimum atomic E-state index is 0.813. The van der Waals surface area contributed by atoms with Gasteiger partial charge in [0.1, 0.15) is 6.79 Å². The molecule has 0 fully saturated rings. The highest BCUT2D eigenvalue weighted by Crippen LogP contribution is 2.11. The second-order valence-corrected chi connectivity index (χ2v) is 3.70. The van der Waals surface area contributed by atoms with E-state index in [0.29, 0.717) is 0 Å². The number of aryl methyl sites for hydroxylation is 1. The summed E-state index contributed by atoms with van der Waals surface area (Å²) < 4.78 is 0. The van der Waals surface area contributed by atoms with Gasteiger partial charge in [-0.15, -0.1) is 0 Å². The molecule has 0 aliphatic rings. The van der Waals surface area contributed by atoms with Gasteiger partial charge in [-0.05, 0) is 24.8 Å². The summed E-state index contributed by atoms with van der Waals surface area (Å²) in [6, 6.07) is 8.86. The Hall–Kier alpha value is -1.11. The van der Waals surface area contributed by atoms with E-state index in [4.69, 9.17) is 4.79 Å². The number of carbonyl (C=O) groups is 1. The lowest BCUT2D eigenvalue weighted by Crippen LogP contribution is -1.97. The zero-order valence-electron chi connectivity index (χ0n) is 9.42. The number of benzene rings is 1. The molecular weight excluding hydrogens is 172 g/mol. The number of carbonyl (C=O) groups excluding carboxylic acids is 1. The van der Waals surface area contributed by atoms with Gasteiger partial charge in [-0.2, -0.15) is 0 Å². The fourth-order valence-electron chi connectivity index (χ4n) is 1.27. The maximum Gasteiger partial charge on any atom is 0.106 e. The summed E-state index contributed by atoms with van der Waals surface area (Å²) in [7, 11) is 0. The van der Waals surface area contributed by atoms with E-state index in [2.05, 4.69) is 45.0 Å². The molecule has 0 amide bonds. The predicted molar refractivity (Wildman–Crippen MR) is 61.5 cm³/mol. The molecule has 0 saturated carbocycles. The van der Waals surface area contributed by atoms with Gasteiger partial charge in [-0.3, -0.25) is 0 Å². The number of rotatable bonds is 3. The monoisotopic (exact) mass is 192 g/mol. The zero-order chi connectivity index (χ0) is 11.0. The van der Waals surface area contributed by atoms with Crippen LogP contribution in [0.3, 0.4) is 0 Å². The van der Waals surface area contributed by atoms with Crippen molar-refractivity contribution in [3.63, 3.8) is 0 Å². The number of hydrogen-bond acceptors (Lipinski definition) is 1. The van der Waals surface area contributed by atoms with Gasteiger partial charge in [0, 0.05) is 0 Å². The fraction of sp³-hybridized carbons (Fsp3) is 0.462. The second kappa shape index (κ2) is 7.31. The van der Waals surface area contributed by atoms with Gasteiger partial charge in [-0.1, -0.05) is 50.1 Å². The standard InChI is InChI=1S/C12H18.CH2O/c1-4-10(2)9-12-7-5-11(3)6-8-12;1-2/h5-8,10H,4,9H2,1-3H3;1H2. The Morgan fingerprint density at radius 1 is 1.21 bits per heavy atom. The van der Waals surface area contributed by atoms with Crippen molar-refractivity contribution >= 4 is 6.79 Å². The lowest BCUT2D eigenvalue weighted by molar-refractivity contribution is -0.0979. The van der Waals surface area contributed by atoms with E-state index in [1.807, 2.05) is 6.79 Å². The minimum Gasteiger partial charge on any atom is -0.307 e. The van der Waals surface area contributed by atoms with Crippen molar-refractivity contribution in [2.24, 2.45) is 5.92 Å². The largest absolute Gasteiger partial charge is 0.307 e. The molecule has 1 aromatic carbocycles. The van der Waals surface area contributed by atoms with E-state index in [1.54, 1.807) is 0 Å². The molecule has 1 atom stereocenters. The maximum atomic E-state index is 8.00. The van der Waals surface area contributed by atoms with Crippen LogP contribution in [0.25, 0.3) is 0 Å². The van der Waals surface area contributed by atoms with E-state index in [0.717, 1.165) is 5.92 Å². The van der Waals surface area contributed by atoms with E-state index < -0.39 is 0 Å². The highest BCUT2D eigenvalue weighted by Gasteiger charge is 1.99. The first-order valence-corrected chi connectivity index (χ1v) is 5.06. The molecule has 0 bridgehead atoms. The van der Waals surface area contributed by atoms with Crippen molar-refractivity contribution in [1.29, 1.82) is 0 Å². The normalized spacial score (nSPS) is 11.4. The van der Waals surface area contributed by atoms with Crippen LogP contribution in [0.5, 0.6) is 0 Å². The van der Waals surface area contributed by atoms with Crippen molar-refractivity contribution in [1.82, 2.24) is 0 Å². The summed E-state index contributed by atoms with van der Waals surface area (Å²) in [4.78, 5) is 8.00. The van der Waals surface area contributed by atoms with E-state index in [9.17, 15) is 0 Å². The molecule has 0 spiro atoms. The first-order valence-electron chi connectivity index (χ1n) is 5.06. The Labute approximate surface area is 87.2 Å². The van der Waals surface area contributed by atoms with Crippen molar-refractivity contribution in [2.75, 3.05) is 0 Å². The van der Waals surface area contributed by atoms with Crippen molar-refractivity contribution < 1.29 is 4.79 Å². The van der Waals surface area contributed by atoms with E-state index in [1.165, 1.54) is 24.0 Å². The molecule has 0 aliphatic carbocycles. The van der Waals surface area contributed by atoms with Gasteiger partial charge in [0.05, 0.1) is 0 Å². The lowest BCUT2D eigenvalue weighted by Gasteiger charge is -2.07. The van der Waals surface area contributed by atoms with Crippen LogP contribution in [-0.4, -0.2) is 6.79 Å². The molecule has 0 aromatic heterocycles. The Balaban J connectivity index is 0.000000791. The molecule has 1 unspecified atom stereocenters. The van der Waals surface area contributed by atoms with Crippen molar-refractivity contribution in [3.05, 3.63) is 35.4 Å². The summed E-state index contributed by atoms with van der Waals surface area (Å²) in [6.45, 7) is 8.69. The van der Waals surface area contributed by atoms with Crippen LogP contribution < -0.4 is 0 Å². The average molecular weight is 192 g/mol. The molecule has 1 heteroatoms. The third kappa shape index (κ3) is 4.80. The van der Waals surface area contributed by atoms with Gasteiger partial charge in [0.2, 0.25) is 0 Å². The van der Waals surface area contributed by atoms with Crippen LogP contribution in [0.4, 0.5) is 0 Å². The summed E-state index contributed by atoms with van der Waals surface area (Å²) >= 11 is 0. The van der Waals surface area contributed by atoms with Crippen LogP contribution in [0.15, 0.2) is 24.3 Å². The quantitative estimate of drug-likeness (QED) is 0.717. The molecule has 0 N–H and O–H groups in total. The summed E-state index contributed by atoms with van der Waals surface area (Å²) in [5.74, 6) is 0.813. The molecule has 14 heavy (non-hydrogen) atoms. The van der Waals surface area contributed by atoms with Gasteiger partial charge in [0.15, 0.2) is 0 Å². The zero-order valence-corrected chi connectivity index (χ0v) is 9.42. The molecule has 1 nitrogen and oxygen atoms in total. The van der Waals surface area contributed by atoms with E-state index in [-0.39, 0.29) is 0 Å². The van der Waals surface area contributed by atoms with Gasteiger partial charge >= 0.3 is 0 Å². The van der Waals surface area contributed by atoms with E-state index >= 15 is 0 Å². The molecule has 78 valence electrons. The van der Waals surface area contributed by atoms with Gasteiger partial charge in [0.25, 0.3) is 0 Å². The smallest absolute Gasteiger partial charge is 0.106 e. The Morgan fingerprint density at radius 3 is 2.14 bits per heavy atom. The second-order valence-electron chi connectivity index (χ2n) is 3.70. The van der Waals surface area contributed by atoms with Crippen LogP contribution in [-0.2, 0) is 11.2 Å². The molecule has 0 aliphatic heterocycles. The van der Waals surface area contributed by atoms with Crippen LogP contribution in [0.1, 0.15) is 31.4 Å². The summed E-state index contributed by atoms with van der Waals surface area (Å²) in [5.41, 5.74) is 2.82. The highest BCUT2D eigenvalue weighted by atomic mass is 16.1. The first-order chi connectivity index (χ1) is 6.72. The third-order valence-corrected chi connectivity index (χ3v) is 2.40. The molecule has 1 aromatic rings. The van der Waals surface area contributed by atoms with Crippen LogP contribution >= 0.6 is 0 Å². The average Bonchev–Trinajstić information content (AvgIpc) is 2.24. The summed E-state index contributed by atoms with van der Waals surface area (Å²) in [5, 5.41) is 0. The number of hydrogen-bond donors (Lipinski definition) is 0. The molecule has 0 heterocycles. The maximum absolute atomic E-state index is 8.00. The van der Waals surface area contributed by atoms with Gasteiger partial charge in [-0.25, -0.2) is 0 Å². The SMILES string of the molecule is C=O.CCC(C)Cc1ccc(C)cc1. The Morgan fingerprint density at radius 2 is 1.71 bits per heavy atom. The van der Waals surface area contributed by atoms with Crippen LogP contribution in [0.2, 0.25) is 0 Å². The van der Waals surface area contributed by atoms with Crippen molar-refractivity contribution in [2.45, 2.75) is 33.6 Å². The first kappa shape index (κ1) is 12.9. The predicted octanol–water partition coefficient (Wildman–Crippen LogP) is 3.40. The third-order valence-electron chi connectivity index (χ3n) is 2.40. The van der Waals surface area contributed by atoms with Crippen molar-refractivity contribution in [3.8, 4) is 0 Å². The summed E-state index contributed by atoms with van der Waals surface area (Å²) in [6.07, 6.45) is 2.49. The molecule has 0 saturated heterocycles.